The van der Waals surface area contributed by atoms with Gasteiger partial charge in [-0.05, 0) is 70.4 Å². The largest absolute Gasteiger partial charge is 0.314 e. The highest BCUT2D eigenvalue weighted by Gasteiger charge is 2.31. The van der Waals surface area contributed by atoms with Gasteiger partial charge in [-0.25, -0.2) is 0 Å². The van der Waals surface area contributed by atoms with E-state index >= 15 is 0 Å². The molecule has 2 aliphatic rings. The Labute approximate surface area is 114 Å². The van der Waals surface area contributed by atoms with Crippen LogP contribution in [0, 0.1) is 11.8 Å². The van der Waals surface area contributed by atoms with E-state index in [0.29, 0.717) is 0 Å². The van der Waals surface area contributed by atoms with E-state index in [-0.39, 0.29) is 0 Å². The molecule has 0 amide bonds. The van der Waals surface area contributed by atoms with Crippen LogP contribution in [0.1, 0.15) is 59.3 Å². The first-order chi connectivity index (χ1) is 8.70. The molecule has 0 aromatic rings. The Kier molecular flexibility index (Phi) is 5.50. The van der Waals surface area contributed by atoms with Gasteiger partial charge in [-0.1, -0.05) is 13.8 Å². The quantitative estimate of drug-likeness (QED) is 0.808. The van der Waals surface area contributed by atoms with Crippen molar-refractivity contribution in [3.8, 4) is 0 Å². The van der Waals surface area contributed by atoms with Gasteiger partial charge in [-0.2, -0.15) is 0 Å². The minimum atomic E-state index is 0.786. The van der Waals surface area contributed by atoms with E-state index in [1.165, 1.54) is 58.2 Å². The van der Waals surface area contributed by atoms with E-state index in [1.54, 1.807) is 0 Å². The van der Waals surface area contributed by atoms with Gasteiger partial charge >= 0.3 is 0 Å². The van der Waals surface area contributed by atoms with Gasteiger partial charge in [0.2, 0.25) is 0 Å². The molecule has 1 aliphatic carbocycles. The van der Waals surface area contributed by atoms with Crippen LogP contribution in [0.4, 0.5) is 0 Å². The maximum Gasteiger partial charge on any atom is 0.0108 e. The molecule has 1 aliphatic heterocycles. The van der Waals surface area contributed by atoms with Gasteiger partial charge in [0.05, 0.1) is 0 Å². The Bertz CT molecular complexity index is 239. The van der Waals surface area contributed by atoms with Crippen molar-refractivity contribution < 1.29 is 0 Å². The minimum absolute atomic E-state index is 0.786. The number of likely N-dealkylation sites (tertiary alicyclic amines) is 1. The zero-order valence-corrected chi connectivity index (χ0v) is 12.6. The summed E-state index contributed by atoms with van der Waals surface area (Å²) < 4.78 is 0. The summed E-state index contributed by atoms with van der Waals surface area (Å²) >= 11 is 0. The molecule has 106 valence electrons. The summed E-state index contributed by atoms with van der Waals surface area (Å²) in [5.74, 6) is 1.83. The molecule has 4 unspecified atom stereocenters. The third kappa shape index (κ3) is 3.71. The van der Waals surface area contributed by atoms with Crippen LogP contribution in [0.5, 0.6) is 0 Å². The average Bonchev–Trinajstić information content (AvgIpc) is 2.74. The van der Waals surface area contributed by atoms with Crippen molar-refractivity contribution in [1.29, 1.82) is 0 Å². The van der Waals surface area contributed by atoms with E-state index in [2.05, 4.69) is 31.0 Å². The molecule has 1 heterocycles. The zero-order valence-electron chi connectivity index (χ0n) is 12.6. The SMILES string of the molecule is CCCNC1CCC(C)CC1CN1CCCC1C. The van der Waals surface area contributed by atoms with Gasteiger partial charge in [0.15, 0.2) is 0 Å². The first-order valence-corrected chi connectivity index (χ1v) is 8.18. The average molecular weight is 252 g/mol. The van der Waals surface area contributed by atoms with Gasteiger partial charge in [-0.15, -0.1) is 0 Å². The molecule has 0 bridgehead atoms. The topological polar surface area (TPSA) is 15.3 Å². The standard InChI is InChI=1S/C16H32N2/c1-4-9-17-16-8-7-13(2)11-15(16)12-18-10-5-6-14(18)3/h13-17H,4-12H2,1-3H3. The number of nitrogens with one attached hydrogen (secondary N) is 1. The van der Waals surface area contributed by atoms with Crippen LogP contribution >= 0.6 is 0 Å². The molecule has 0 spiro atoms. The molecule has 2 fully saturated rings. The highest BCUT2D eigenvalue weighted by atomic mass is 15.2. The monoisotopic (exact) mass is 252 g/mol. The van der Waals surface area contributed by atoms with Crippen molar-refractivity contribution in [3.63, 3.8) is 0 Å². The number of hydrogen-bond acceptors (Lipinski definition) is 2. The maximum absolute atomic E-state index is 3.80. The van der Waals surface area contributed by atoms with E-state index < -0.39 is 0 Å². The molecule has 1 saturated heterocycles. The number of rotatable bonds is 5. The molecule has 2 rings (SSSR count). The fourth-order valence-corrected chi connectivity index (χ4v) is 3.86. The first kappa shape index (κ1) is 14.3. The smallest absolute Gasteiger partial charge is 0.0108 e. The maximum atomic E-state index is 3.80. The summed E-state index contributed by atoms with van der Waals surface area (Å²) in [6, 6.07) is 1.61. The van der Waals surface area contributed by atoms with Crippen molar-refractivity contribution >= 4 is 0 Å². The van der Waals surface area contributed by atoms with Gasteiger partial charge in [0, 0.05) is 18.6 Å². The third-order valence-corrected chi connectivity index (χ3v) is 5.06. The lowest BCUT2D eigenvalue weighted by atomic mass is 9.78. The summed E-state index contributed by atoms with van der Waals surface area (Å²) in [5, 5.41) is 3.80. The summed E-state index contributed by atoms with van der Waals surface area (Å²) in [7, 11) is 0. The molecule has 0 radical (unpaired) electrons. The summed E-state index contributed by atoms with van der Waals surface area (Å²) in [6.07, 6.45) is 8.34. The van der Waals surface area contributed by atoms with Crippen LogP contribution in [0.15, 0.2) is 0 Å². The van der Waals surface area contributed by atoms with Crippen LogP contribution in [-0.4, -0.2) is 36.6 Å². The number of nitrogens with zero attached hydrogens (tertiary/aromatic N) is 1. The summed E-state index contributed by atoms with van der Waals surface area (Å²) in [4.78, 5) is 2.74. The molecule has 18 heavy (non-hydrogen) atoms. The van der Waals surface area contributed by atoms with Crippen molar-refractivity contribution in [1.82, 2.24) is 10.2 Å². The molecule has 0 aromatic heterocycles. The summed E-state index contributed by atoms with van der Waals surface area (Å²) in [6.45, 7) is 11.0. The van der Waals surface area contributed by atoms with Gasteiger partial charge in [0.25, 0.3) is 0 Å². The zero-order chi connectivity index (χ0) is 13.0. The normalized spacial score (nSPS) is 38.2. The molecular formula is C16H32N2. The highest BCUT2D eigenvalue weighted by Crippen LogP contribution is 2.31. The minimum Gasteiger partial charge on any atom is -0.314 e. The lowest BCUT2D eigenvalue weighted by Gasteiger charge is -2.38. The Balaban J connectivity index is 1.87. The predicted molar refractivity (Wildman–Crippen MR) is 78.9 cm³/mol. The van der Waals surface area contributed by atoms with Crippen LogP contribution in [0.3, 0.4) is 0 Å². The van der Waals surface area contributed by atoms with Crippen molar-refractivity contribution in [3.05, 3.63) is 0 Å². The van der Waals surface area contributed by atoms with Crippen LogP contribution < -0.4 is 5.32 Å². The van der Waals surface area contributed by atoms with Crippen molar-refractivity contribution in [2.45, 2.75) is 71.4 Å². The van der Waals surface area contributed by atoms with Crippen LogP contribution in [-0.2, 0) is 0 Å². The Morgan fingerprint density at radius 1 is 1.17 bits per heavy atom. The third-order valence-electron chi connectivity index (χ3n) is 5.06. The van der Waals surface area contributed by atoms with Crippen molar-refractivity contribution in [2.75, 3.05) is 19.6 Å². The molecule has 0 aromatic carbocycles. The molecule has 2 nitrogen and oxygen atoms in total. The Morgan fingerprint density at radius 3 is 2.67 bits per heavy atom. The fraction of sp³-hybridized carbons (Fsp3) is 1.00. The number of hydrogen-bond donors (Lipinski definition) is 1. The highest BCUT2D eigenvalue weighted by molar-refractivity contribution is 4.87. The Morgan fingerprint density at radius 2 is 2.00 bits per heavy atom. The van der Waals surface area contributed by atoms with Gasteiger partial charge < -0.3 is 10.2 Å². The first-order valence-electron chi connectivity index (χ1n) is 8.18. The van der Waals surface area contributed by atoms with Gasteiger partial charge in [-0.3, -0.25) is 0 Å². The van der Waals surface area contributed by atoms with E-state index in [9.17, 15) is 0 Å². The molecule has 2 heteroatoms. The van der Waals surface area contributed by atoms with E-state index in [4.69, 9.17) is 0 Å². The fourth-order valence-electron chi connectivity index (χ4n) is 3.86. The second-order valence-electron chi connectivity index (χ2n) is 6.73. The molecule has 1 saturated carbocycles. The second kappa shape index (κ2) is 6.91. The molecule has 4 atom stereocenters. The molecular weight excluding hydrogens is 220 g/mol. The van der Waals surface area contributed by atoms with E-state index in [1.807, 2.05) is 0 Å². The van der Waals surface area contributed by atoms with Crippen molar-refractivity contribution in [2.24, 2.45) is 11.8 Å². The van der Waals surface area contributed by atoms with Crippen LogP contribution in [0.25, 0.3) is 0 Å². The van der Waals surface area contributed by atoms with Crippen LogP contribution in [0.2, 0.25) is 0 Å². The lowest BCUT2D eigenvalue weighted by Crippen LogP contribution is -2.46. The van der Waals surface area contributed by atoms with E-state index in [0.717, 1.165) is 23.9 Å². The van der Waals surface area contributed by atoms with Gasteiger partial charge in [0.1, 0.15) is 0 Å². The predicted octanol–water partition coefficient (Wildman–Crippen LogP) is 3.28. The Hall–Kier alpha value is -0.0800. The lowest BCUT2D eigenvalue weighted by molar-refractivity contribution is 0.141. The molecule has 1 N–H and O–H groups in total. The summed E-state index contributed by atoms with van der Waals surface area (Å²) in [5.41, 5.74) is 0. The second-order valence-corrected chi connectivity index (χ2v) is 6.73.